The van der Waals surface area contributed by atoms with Crippen molar-refractivity contribution in [1.82, 2.24) is 4.98 Å². The van der Waals surface area contributed by atoms with Gasteiger partial charge in [0.25, 0.3) is 5.76 Å². The van der Waals surface area contributed by atoms with Gasteiger partial charge in [-0.05, 0) is 12.1 Å². The van der Waals surface area contributed by atoms with E-state index in [1.807, 2.05) is 0 Å². The van der Waals surface area contributed by atoms with Gasteiger partial charge in [0.05, 0.1) is 0 Å². The maximum absolute atomic E-state index is 12.1. The minimum Gasteiger partial charge on any atom is -0.476 e. The minimum absolute atomic E-state index is 0.0129. The molecule has 1 aromatic carbocycles. The molecule has 1 heterocycles. The molecule has 0 aliphatic rings. The van der Waals surface area contributed by atoms with Crippen molar-refractivity contribution in [2.75, 3.05) is 0 Å². The largest absolute Gasteiger partial charge is 0.476 e. The van der Waals surface area contributed by atoms with Crippen molar-refractivity contribution >= 4 is 29.1 Å². The number of thioether (sulfide) groups is 1. The van der Waals surface area contributed by atoms with E-state index >= 15 is 0 Å². The number of alkyl halides is 2. The predicted molar refractivity (Wildman–Crippen MR) is 66.4 cm³/mol. The van der Waals surface area contributed by atoms with Gasteiger partial charge in [-0.3, -0.25) is 0 Å². The normalized spacial score (nSPS) is 10.8. The Hall–Kier alpha value is -1.47. The summed E-state index contributed by atoms with van der Waals surface area (Å²) in [6.07, 6.45) is 0. The molecule has 0 aliphatic carbocycles. The summed E-state index contributed by atoms with van der Waals surface area (Å²) < 4.78 is 24.2. The van der Waals surface area contributed by atoms with Crippen LogP contribution in [0.1, 0.15) is 10.5 Å². The zero-order valence-corrected chi connectivity index (χ0v) is 10.5. The highest BCUT2D eigenvalue weighted by Crippen LogP contribution is 2.29. The number of carboxylic acids is 1. The number of carboxylic acid groups (broad SMARTS) is 1. The van der Waals surface area contributed by atoms with Gasteiger partial charge in [0.1, 0.15) is 5.01 Å². The van der Waals surface area contributed by atoms with Crippen LogP contribution in [-0.4, -0.2) is 21.8 Å². The maximum Gasteiger partial charge on any atom is 0.355 e. The summed E-state index contributed by atoms with van der Waals surface area (Å²) in [6.45, 7) is 0. The van der Waals surface area contributed by atoms with Gasteiger partial charge in [0.2, 0.25) is 0 Å². The highest BCUT2D eigenvalue weighted by atomic mass is 32.2. The lowest BCUT2D eigenvalue weighted by Crippen LogP contribution is -1.95. The molecule has 7 heteroatoms. The summed E-state index contributed by atoms with van der Waals surface area (Å²) in [5.74, 6) is -3.53. The molecule has 0 fully saturated rings. The molecule has 2 rings (SSSR count). The predicted octanol–water partition coefficient (Wildman–Crippen LogP) is 3.82. The number of nitrogens with zero attached hydrogens (tertiary/aromatic N) is 1. The molecule has 0 saturated carbocycles. The third kappa shape index (κ3) is 3.05. The van der Waals surface area contributed by atoms with Gasteiger partial charge in [-0.2, -0.15) is 8.78 Å². The first kappa shape index (κ1) is 13.0. The Kier molecular flexibility index (Phi) is 3.93. The van der Waals surface area contributed by atoms with E-state index in [0.29, 0.717) is 27.2 Å². The van der Waals surface area contributed by atoms with E-state index in [-0.39, 0.29) is 5.69 Å². The second-order valence-corrected chi connectivity index (χ2v) is 5.17. The number of hydrogen-bond acceptors (Lipinski definition) is 4. The average Bonchev–Trinajstić information content (AvgIpc) is 2.78. The quantitative estimate of drug-likeness (QED) is 0.868. The van der Waals surface area contributed by atoms with Crippen LogP contribution in [0.15, 0.2) is 34.5 Å². The number of hydrogen-bond donors (Lipinski definition) is 1. The molecule has 0 atom stereocenters. The summed E-state index contributed by atoms with van der Waals surface area (Å²) >= 11 is 1.67. The van der Waals surface area contributed by atoms with Crippen molar-refractivity contribution in [3.05, 3.63) is 35.3 Å². The Morgan fingerprint density at radius 1 is 1.33 bits per heavy atom. The lowest BCUT2D eigenvalue weighted by molar-refractivity contribution is 0.0691. The van der Waals surface area contributed by atoms with Crippen LogP contribution in [0.25, 0.3) is 10.6 Å². The summed E-state index contributed by atoms with van der Waals surface area (Å²) in [5, 5.41) is 10.7. The third-order valence-corrected chi connectivity index (χ3v) is 3.66. The fourth-order valence-electron chi connectivity index (χ4n) is 1.28. The summed E-state index contributed by atoms with van der Waals surface area (Å²) in [7, 11) is 0. The maximum atomic E-state index is 12.1. The summed E-state index contributed by atoms with van der Waals surface area (Å²) in [4.78, 5) is 15.1. The van der Waals surface area contributed by atoms with E-state index in [4.69, 9.17) is 5.11 Å². The highest BCUT2D eigenvalue weighted by Gasteiger charge is 2.10. The SMILES string of the molecule is O=C(O)c1csc(-c2ccc(SC(F)F)cc2)n1. The molecule has 0 spiro atoms. The Balaban J connectivity index is 2.20. The van der Waals surface area contributed by atoms with Crippen molar-refractivity contribution in [2.45, 2.75) is 10.7 Å². The minimum atomic E-state index is -2.45. The van der Waals surface area contributed by atoms with Crippen LogP contribution in [0.2, 0.25) is 0 Å². The average molecular weight is 287 g/mol. The highest BCUT2D eigenvalue weighted by molar-refractivity contribution is 7.99. The fraction of sp³-hybridized carbons (Fsp3) is 0.0909. The van der Waals surface area contributed by atoms with Crippen molar-refractivity contribution in [3.8, 4) is 10.6 Å². The van der Waals surface area contributed by atoms with Crippen molar-refractivity contribution in [3.63, 3.8) is 0 Å². The van der Waals surface area contributed by atoms with Crippen LogP contribution in [-0.2, 0) is 0 Å². The number of benzene rings is 1. The number of rotatable bonds is 4. The van der Waals surface area contributed by atoms with Crippen molar-refractivity contribution < 1.29 is 18.7 Å². The van der Waals surface area contributed by atoms with Crippen LogP contribution in [0.3, 0.4) is 0 Å². The van der Waals surface area contributed by atoms with Crippen LogP contribution < -0.4 is 0 Å². The molecule has 1 aromatic heterocycles. The van der Waals surface area contributed by atoms with Gasteiger partial charge in [0, 0.05) is 15.8 Å². The smallest absolute Gasteiger partial charge is 0.355 e. The molecule has 94 valence electrons. The molecule has 3 nitrogen and oxygen atoms in total. The molecule has 0 saturated heterocycles. The second kappa shape index (κ2) is 5.45. The Morgan fingerprint density at radius 3 is 2.50 bits per heavy atom. The Morgan fingerprint density at radius 2 is 2.00 bits per heavy atom. The number of thiazole rings is 1. The van der Waals surface area contributed by atoms with Gasteiger partial charge in [-0.15, -0.1) is 11.3 Å². The van der Waals surface area contributed by atoms with E-state index < -0.39 is 11.7 Å². The van der Waals surface area contributed by atoms with Crippen LogP contribution >= 0.6 is 23.1 Å². The molecule has 0 unspecified atom stereocenters. The van der Waals surface area contributed by atoms with Gasteiger partial charge < -0.3 is 5.11 Å². The number of aromatic carboxylic acids is 1. The zero-order chi connectivity index (χ0) is 13.1. The molecule has 2 aromatic rings. The second-order valence-electron chi connectivity index (χ2n) is 3.25. The molecule has 0 radical (unpaired) electrons. The van der Waals surface area contributed by atoms with E-state index in [9.17, 15) is 13.6 Å². The Bertz CT molecular complexity index is 554. The zero-order valence-electron chi connectivity index (χ0n) is 8.84. The van der Waals surface area contributed by atoms with Crippen LogP contribution in [0.5, 0.6) is 0 Å². The van der Waals surface area contributed by atoms with Gasteiger partial charge in [0.15, 0.2) is 5.69 Å². The number of halogens is 2. The van der Waals surface area contributed by atoms with Crippen LogP contribution in [0, 0.1) is 0 Å². The molecule has 18 heavy (non-hydrogen) atoms. The fourth-order valence-corrected chi connectivity index (χ4v) is 2.58. The van der Waals surface area contributed by atoms with E-state index in [1.165, 1.54) is 16.7 Å². The summed E-state index contributed by atoms with van der Waals surface area (Å²) in [5.41, 5.74) is 0.701. The number of aromatic nitrogens is 1. The van der Waals surface area contributed by atoms with E-state index in [2.05, 4.69) is 4.98 Å². The summed E-state index contributed by atoms with van der Waals surface area (Å²) in [6, 6.07) is 6.42. The molecule has 0 bridgehead atoms. The van der Waals surface area contributed by atoms with E-state index in [0.717, 1.165) is 0 Å². The topological polar surface area (TPSA) is 50.2 Å². The molecular weight excluding hydrogens is 280 g/mol. The third-order valence-electron chi connectivity index (χ3n) is 2.05. The Labute approximate surface area is 109 Å². The van der Waals surface area contributed by atoms with Crippen molar-refractivity contribution in [1.29, 1.82) is 0 Å². The van der Waals surface area contributed by atoms with Gasteiger partial charge >= 0.3 is 5.97 Å². The number of carbonyl (C=O) groups is 1. The van der Waals surface area contributed by atoms with E-state index in [1.54, 1.807) is 24.3 Å². The molecule has 0 amide bonds. The lowest BCUT2D eigenvalue weighted by Gasteiger charge is -2.01. The lowest BCUT2D eigenvalue weighted by atomic mass is 10.2. The first-order valence-electron chi connectivity index (χ1n) is 4.80. The van der Waals surface area contributed by atoms with Crippen molar-refractivity contribution in [2.24, 2.45) is 0 Å². The molecular formula is C11H7F2NO2S2. The first-order chi connectivity index (χ1) is 8.56. The molecule has 1 N–H and O–H groups in total. The molecule has 0 aliphatic heterocycles. The van der Waals surface area contributed by atoms with Crippen LogP contribution in [0.4, 0.5) is 8.78 Å². The first-order valence-corrected chi connectivity index (χ1v) is 6.56. The van der Waals surface area contributed by atoms with Gasteiger partial charge in [-0.25, -0.2) is 9.78 Å². The van der Waals surface area contributed by atoms with Gasteiger partial charge in [-0.1, -0.05) is 23.9 Å². The monoisotopic (exact) mass is 287 g/mol. The standard InChI is InChI=1S/C11H7F2NO2S2/c12-11(13)18-7-3-1-6(2-4-7)9-14-8(5-17-9)10(15)16/h1-5,11H,(H,15,16).